The molecule has 0 radical (unpaired) electrons. The van der Waals surface area contributed by atoms with Crippen LogP contribution in [0, 0.1) is 6.92 Å². The minimum atomic E-state index is -0.670. The highest BCUT2D eigenvalue weighted by Crippen LogP contribution is 2.23. The third kappa shape index (κ3) is 2.93. The summed E-state index contributed by atoms with van der Waals surface area (Å²) in [7, 11) is 2.74. The largest absolute Gasteiger partial charge is 0.384 e. The fourth-order valence-electron chi connectivity index (χ4n) is 1.72. The van der Waals surface area contributed by atoms with E-state index in [0.717, 1.165) is 19.2 Å². The summed E-state index contributed by atoms with van der Waals surface area (Å²) >= 11 is 2.68. The number of carbonyl (C=O) groups excluding carboxylic acids is 1. The fraction of sp³-hybridized carbons (Fsp3) is 0.333. The van der Waals surface area contributed by atoms with Crippen molar-refractivity contribution in [3.8, 4) is 0 Å². The number of anilines is 1. The molecule has 21 heavy (non-hydrogen) atoms. The molecule has 7 nitrogen and oxygen atoms in total. The molecule has 0 aliphatic carbocycles. The average Bonchev–Trinajstić information content (AvgIpc) is 2.86. The number of rotatable bonds is 4. The summed E-state index contributed by atoms with van der Waals surface area (Å²) in [4.78, 5) is 40.2. The van der Waals surface area contributed by atoms with Crippen LogP contribution in [0.2, 0.25) is 0 Å². The lowest BCUT2D eigenvalue weighted by Gasteiger charge is -2.10. The molecule has 0 bridgehead atoms. The molecule has 2 rings (SSSR count). The standard InChI is InChI=1S/C12H14N4O3S2/c1-6-4-20-11(14-6)21-5-7(17)8-9(13)15(2)12(19)16(3)10(8)18/h4H,5,13H2,1-3H3. The van der Waals surface area contributed by atoms with Crippen LogP contribution in [0.3, 0.4) is 0 Å². The summed E-state index contributed by atoms with van der Waals surface area (Å²) in [5.41, 5.74) is 5.24. The summed E-state index contributed by atoms with van der Waals surface area (Å²) in [5.74, 6) is -0.476. The van der Waals surface area contributed by atoms with Gasteiger partial charge in [-0.3, -0.25) is 18.7 Å². The maximum absolute atomic E-state index is 12.2. The van der Waals surface area contributed by atoms with E-state index in [1.54, 1.807) is 0 Å². The maximum Gasteiger partial charge on any atom is 0.332 e. The smallest absolute Gasteiger partial charge is 0.332 e. The zero-order valence-electron chi connectivity index (χ0n) is 11.7. The van der Waals surface area contributed by atoms with Crippen molar-refractivity contribution >= 4 is 34.7 Å². The molecule has 0 spiro atoms. The number of thioether (sulfide) groups is 1. The molecular formula is C12H14N4O3S2. The highest BCUT2D eigenvalue weighted by molar-refractivity contribution is 8.01. The third-order valence-electron chi connectivity index (χ3n) is 2.91. The Morgan fingerprint density at radius 1 is 1.38 bits per heavy atom. The first-order valence-corrected chi connectivity index (χ1v) is 7.83. The zero-order valence-corrected chi connectivity index (χ0v) is 13.4. The first-order chi connectivity index (χ1) is 9.82. The van der Waals surface area contributed by atoms with Gasteiger partial charge >= 0.3 is 5.69 Å². The number of hydrogen-bond acceptors (Lipinski definition) is 7. The first-order valence-electron chi connectivity index (χ1n) is 5.96. The lowest BCUT2D eigenvalue weighted by molar-refractivity contribution is 0.102. The lowest BCUT2D eigenvalue weighted by atomic mass is 10.2. The summed E-state index contributed by atoms with van der Waals surface area (Å²) in [6.45, 7) is 1.86. The Kier molecular flexibility index (Phi) is 4.33. The van der Waals surface area contributed by atoms with Gasteiger partial charge in [-0.2, -0.15) is 0 Å². The van der Waals surface area contributed by atoms with Crippen LogP contribution in [0.1, 0.15) is 16.1 Å². The van der Waals surface area contributed by atoms with Gasteiger partial charge in [0.25, 0.3) is 5.56 Å². The molecule has 0 atom stereocenters. The van der Waals surface area contributed by atoms with E-state index >= 15 is 0 Å². The van der Waals surface area contributed by atoms with Gasteiger partial charge in [-0.05, 0) is 6.92 Å². The van der Waals surface area contributed by atoms with Crippen molar-refractivity contribution in [1.82, 2.24) is 14.1 Å². The normalized spacial score (nSPS) is 10.8. The second-order valence-corrected chi connectivity index (χ2v) is 6.51. The molecule has 2 N–H and O–H groups in total. The second-order valence-electron chi connectivity index (χ2n) is 4.43. The zero-order chi connectivity index (χ0) is 15.7. The number of aryl methyl sites for hydroxylation is 1. The van der Waals surface area contributed by atoms with E-state index in [9.17, 15) is 14.4 Å². The highest BCUT2D eigenvalue weighted by atomic mass is 32.2. The van der Waals surface area contributed by atoms with Gasteiger partial charge in [0.15, 0.2) is 10.1 Å². The molecule has 2 aromatic heterocycles. The van der Waals surface area contributed by atoms with E-state index in [2.05, 4.69) is 4.98 Å². The molecule has 9 heteroatoms. The Labute approximate surface area is 128 Å². The predicted molar refractivity (Wildman–Crippen MR) is 83.2 cm³/mol. The van der Waals surface area contributed by atoms with Crippen LogP contribution in [0.25, 0.3) is 0 Å². The first kappa shape index (κ1) is 15.5. The van der Waals surface area contributed by atoms with Crippen molar-refractivity contribution in [2.75, 3.05) is 11.5 Å². The number of nitrogen functional groups attached to an aromatic ring is 1. The molecule has 0 fully saturated rings. The minimum Gasteiger partial charge on any atom is -0.384 e. The molecule has 0 unspecified atom stereocenters. The SMILES string of the molecule is Cc1csc(SCC(=O)c2c(N)n(C)c(=O)n(C)c2=O)n1. The van der Waals surface area contributed by atoms with Crippen molar-refractivity contribution in [3.05, 3.63) is 37.5 Å². The van der Waals surface area contributed by atoms with Gasteiger partial charge in [0.1, 0.15) is 11.4 Å². The van der Waals surface area contributed by atoms with Crippen molar-refractivity contribution in [3.63, 3.8) is 0 Å². The highest BCUT2D eigenvalue weighted by Gasteiger charge is 2.20. The number of ketones is 1. The van der Waals surface area contributed by atoms with Gasteiger partial charge in [-0.1, -0.05) is 11.8 Å². The Morgan fingerprint density at radius 3 is 2.62 bits per heavy atom. The second kappa shape index (κ2) is 5.86. The topological polar surface area (TPSA) is 100.0 Å². The van der Waals surface area contributed by atoms with E-state index in [1.807, 2.05) is 12.3 Å². The summed E-state index contributed by atoms with van der Waals surface area (Å²) in [5, 5.41) is 1.88. The van der Waals surface area contributed by atoms with E-state index in [0.29, 0.717) is 0 Å². The molecule has 2 heterocycles. The van der Waals surface area contributed by atoms with Crippen molar-refractivity contribution in [2.45, 2.75) is 11.3 Å². The van der Waals surface area contributed by atoms with Gasteiger partial charge in [0.2, 0.25) is 0 Å². The molecular weight excluding hydrogens is 312 g/mol. The molecule has 2 aromatic rings. The molecule has 0 aliphatic rings. The number of thiazole rings is 1. The van der Waals surface area contributed by atoms with Crippen molar-refractivity contribution < 1.29 is 4.79 Å². The van der Waals surface area contributed by atoms with Crippen LogP contribution in [-0.4, -0.2) is 25.7 Å². The van der Waals surface area contributed by atoms with Crippen LogP contribution in [0.5, 0.6) is 0 Å². The molecule has 0 saturated carbocycles. The van der Waals surface area contributed by atoms with E-state index < -0.39 is 17.0 Å². The van der Waals surface area contributed by atoms with Gasteiger partial charge in [0.05, 0.1) is 5.75 Å². The quantitative estimate of drug-likeness (QED) is 0.645. The molecule has 0 aromatic carbocycles. The Hall–Kier alpha value is -1.87. The molecule has 0 aliphatic heterocycles. The number of Topliss-reactive ketones (excluding diaryl/α,β-unsaturated/α-hetero) is 1. The van der Waals surface area contributed by atoms with Gasteiger partial charge in [-0.15, -0.1) is 11.3 Å². The van der Waals surface area contributed by atoms with E-state index in [4.69, 9.17) is 5.73 Å². The maximum atomic E-state index is 12.2. The van der Waals surface area contributed by atoms with Crippen molar-refractivity contribution in [1.29, 1.82) is 0 Å². The van der Waals surface area contributed by atoms with E-state index in [-0.39, 0.29) is 17.1 Å². The number of nitrogens with zero attached hydrogens (tertiary/aromatic N) is 3. The Bertz CT molecular complexity index is 819. The van der Waals surface area contributed by atoms with E-state index in [1.165, 1.54) is 37.2 Å². The Balaban J connectivity index is 2.32. The Morgan fingerprint density at radius 2 is 2.05 bits per heavy atom. The molecule has 112 valence electrons. The summed E-state index contributed by atoms with van der Waals surface area (Å²) < 4.78 is 2.72. The van der Waals surface area contributed by atoms with Crippen LogP contribution >= 0.6 is 23.1 Å². The number of aromatic nitrogens is 3. The van der Waals surface area contributed by atoms with Crippen LogP contribution in [0.15, 0.2) is 19.3 Å². The van der Waals surface area contributed by atoms with Gasteiger partial charge < -0.3 is 5.73 Å². The monoisotopic (exact) mass is 326 g/mol. The number of hydrogen-bond donors (Lipinski definition) is 1. The number of nitrogens with two attached hydrogens (primary N) is 1. The van der Waals surface area contributed by atoms with Crippen LogP contribution in [-0.2, 0) is 14.1 Å². The summed E-state index contributed by atoms with van der Waals surface area (Å²) in [6, 6.07) is 0. The van der Waals surface area contributed by atoms with Gasteiger partial charge in [0, 0.05) is 25.2 Å². The summed E-state index contributed by atoms with van der Waals surface area (Å²) in [6.07, 6.45) is 0. The minimum absolute atomic E-state index is 0.0462. The van der Waals surface area contributed by atoms with Crippen LogP contribution < -0.4 is 17.0 Å². The van der Waals surface area contributed by atoms with Gasteiger partial charge in [-0.25, -0.2) is 9.78 Å². The van der Waals surface area contributed by atoms with Crippen molar-refractivity contribution in [2.24, 2.45) is 14.1 Å². The molecule has 0 saturated heterocycles. The lowest BCUT2D eigenvalue weighted by Crippen LogP contribution is -2.41. The van der Waals surface area contributed by atoms with Crippen LogP contribution in [0.4, 0.5) is 5.82 Å². The predicted octanol–water partition coefficient (Wildman–Crippen LogP) is 0.406. The third-order valence-corrected chi connectivity index (χ3v) is 5.05. The molecule has 0 amide bonds. The average molecular weight is 326 g/mol. The fourth-order valence-corrected chi connectivity index (χ4v) is 3.44. The number of carbonyl (C=O) groups is 1.